The largest absolute Gasteiger partial charge is 0.507 e. The number of nitrogens with zero attached hydrogens (tertiary/aromatic N) is 2. The van der Waals surface area contributed by atoms with Gasteiger partial charge in [0.1, 0.15) is 18.1 Å². The molecule has 1 atom stereocenters. The highest BCUT2D eigenvalue weighted by Crippen LogP contribution is 2.42. The van der Waals surface area contributed by atoms with Crippen LogP contribution in [0.5, 0.6) is 17.2 Å². The van der Waals surface area contributed by atoms with E-state index >= 15 is 0 Å². The minimum Gasteiger partial charge on any atom is -0.507 e. The van der Waals surface area contributed by atoms with Crippen molar-refractivity contribution in [3.8, 4) is 17.2 Å². The number of carbonyl (C=O) groups excluding carboxylic acids is 2. The van der Waals surface area contributed by atoms with Gasteiger partial charge in [-0.25, -0.2) is 0 Å². The van der Waals surface area contributed by atoms with Crippen molar-refractivity contribution in [2.24, 2.45) is 0 Å². The Hall–Kier alpha value is -4.30. The maximum Gasteiger partial charge on any atom is 0.295 e. The Bertz CT molecular complexity index is 1370. The zero-order valence-electron chi connectivity index (χ0n) is 24.1. The molecule has 3 aromatic rings. The van der Waals surface area contributed by atoms with Crippen molar-refractivity contribution in [2.75, 3.05) is 39.9 Å². The van der Waals surface area contributed by atoms with Crippen LogP contribution in [-0.2, 0) is 16.2 Å². The minimum absolute atomic E-state index is 0.0418. The number of ketones is 1. The van der Waals surface area contributed by atoms with E-state index in [0.29, 0.717) is 54.7 Å². The number of Topliss-reactive ketones (excluding diaryl/α,β-unsaturated/α-hetero) is 1. The second-order valence-corrected chi connectivity index (χ2v) is 9.66. The minimum atomic E-state index is -0.796. The second-order valence-electron chi connectivity index (χ2n) is 9.66. The van der Waals surface area contributed by atoms with Crippen molar-refractivity contribution >= 4 is 17.4 Å². The van der Waals surface area contributed by atoms with Crippen LogP contribution in [0.1, 0.15) is 43.5 Å². The smallest absolute Gasteiger partial charge is 0.295 e. The molecule has 41 heavy (non-hydrogen) atoms. The number of aliphatic hydroxyl groups is 1. The molecule has 0 spiro atoms. The van der Waals surface area contributed by atoms with E-state index in [-0.39, 0.29) is 11.3 Å². The van der Waals surface area contributed by atoms with Crippen molar-refractivity contribution in [3.05, 3.63) is 95.1 Å². The lowest BCUT2D eigenvalue weighted by molar-refractivity contribution is -0.140. The number of carbonyl (C=O) groups is 2. The molecule has 1 heterocycles. The third-order valence-electron chi connectivity index (χ3n) is 7.28. The van der Waals surface area contributed by atoms with E-state index in [9.17, 15) is 14.7 Å². The number of hydrogen-bond donors (Lipinski definition) is 1. The summed E-state index contributed by atoms with van der Waals surface area (Å²) in [7, 11) is 1.56. The van der Waals surface area contributed by atoms with Crippen LogP contribution < -0.4 is 14.2 Å². The molecule has 1 saturated heterocycles. The van der Waals surface area contributed by atoms with Gasteiger partial charge in [-0.2, -0.15) is 0 Å². The lowest BCUT2D eigenvalue weighted by atomic mass is 9.95. The molecule has 0 aromatic heterocycles. The molecule has 1 N–H and O–H groups in total. The van der Waals surface area contributed by atoms with Crippen molar-refractivity contribution in [3.63, 3.8) is 0 Å². The Morgan fingerprint density at radius 3 is 2.24 bits per heavy atom. The molecule has 0 aliphatic carbocycles. The molecule has 1 fully saturated rings. The highest BCUT2D eigenvalue weighted by Gasteiger charge is 2.46. The van der Waals surface area contributed by atoms with Gasteiger partial charge in [-0.15, -0.1) is 0 Å². The van der Waals surface area contributed by atoms with E-state index in [1.54, 1.807) is 48.4 Å². The van der Waals surface area contributed by atoms with E-state index in [0.717, 1.165) is 18.7 Å². The highest BCUT2D eigenvalue weighted by molar-refractivity contribution is 6.46. The van der Waals surface area contributed by atoms with Crippen LogP contribution in [0.4, 0.5) is 0 Å². The summed E-state index contributed by atoms with van der Waals surface area (Å²) in [6.07, 6.45) is 0. The maximum atomic E-state index is 13.5. The van der Waals surface area contributed by atoms with Gasteiger partial charge >= 0.3 is 0 Å². The number of ether oxygens (including phenoxy) is 3. The predicted molar refractivity (Wildman–Crippen MR) is 158 cm³/mol. The summed E-state index contributed by atoms with van der Waals surface area (Å²) >= 11 is 0. The fourth-order valence-corrected chi connectivity index (χ4v) is 4.97. The van der Waals surface area contributed by atoms with E-state index in [4.69, 9.17) is 14.2 Å². The summed E-state index contributed by atoms with van der Waals surface area (Å²) in [6.45, 7) is 9.31. The van der Waals surface area contributed by atoms with Crippen LogP contribution in [0.3, 0.4) is 0 Å². The summed E-state index contributed by atoms with van der Waals surface area (Å²) in [5.41, 5.74) is 2.13. The highest BCUT2D eigenvalue weighted by atomic mass is 16.5. The lowest BCUT2D eigenvalue weighted by Gasteiger charge is -2.28. The fourth-order valence-electron chi connectivity index (χ4n) is 4.97. The van der Waals surface area contributed by atoms with Crippen LogP contribution in [0.2, 0.25) is 0 Å². The van der Waals surface area contributed by atoms with Gasteiger partial charge in [0.25, 0.3) is 11.7 Å². The van der Waals surface area contributed by atoms with Crippen molar-refractivity contribution < 1.29 is 28.9 Å². The van der Waals surface area contributed by atoms with Crippen LogP contribution >= 0.6 is 0 Å². The Morgan fingerprint density at radius 2 is 1.61 bits per heavy atom. The number of aliphatic hydroxyl groups excluding tert-OH is 1. The molecule has 4 rings (SSSR count). The first-order valence-corrected chi connectivity index (χ1v) is 14.0. The fraction of sp³-hybridized carbons (Fsp3) is 0.333. The summed E-state index contributed by atoms with van der Waals surface area (Å²) < 4.78 is 17.3. The number of likely N-dealkylation sites (N-methyl/N-ethyl adjacent to an activating group) is 1. The second kappa shape index (κ2) is 13.9. The molecule has 8 nitrogen and oxygen atoms in total. The topological polar surface area (TPSA) is 88.5 Å². The Kier molecular flexibility index (Phi) is 10.0. The zero-order chi connectivity index (χ0) is 29.4. The number of rotatable bonds is 13. The third kappa shape index (κ3) is 6.72. The van der Waals surface area contributed by atoms with E-state index in [2.05, 4.69) is 18.7 Å². The van der Waals surface area contributed by atoms with E-state index in [1.165, 1.54) is 0 Å². The molecule has 1 aliphatic rings. The molecule has 8 heteroatoms. The summed E-state index contributed by atoms with van der Waals surface area (Å²) in [4.78, 5) is 30.6. The summed E-state index contributed by atoms with van der Waals surface area (Å²) in [5, 5.41) is 11.4. The monoisotopic (exact) mass is 558 g/mol. The number of methoxy groups -OCH3 is 1. The SMILES string of the molecule is CCOc1cc(C2C(=C(O)c3ccc(OC)cc3)C(=O)C(=O)N2CCN(CC)CC)ccc1OCc1ccccc1. The first-order chi connectivity index (χ1) is 19.9. The summed E-state index contributed by atoms with van der Waals surface area (Å²) in [6, 6.07) is 21.2. The van der Waals surface area contributed by atoms with Gasteiger partial charge in [0.15, 0.2) is 11.5 Å². The molecular formula is C33H38N2O6. The molecule has 0 bridgehead atoms. The zero-order valence-corrected chi connectivity index (χ0v) is 24.1. The average Bonchev–Trinajstić information content (AvgIpc) is 3.26. The number of benzene rings is 3. The number of hydrogen-bond acceptors (Lipinski definition) is 7. The molecule has 1 unspecified atom stereocenters. The number of likely N-dealkylation sites (tertiary alicyclic amines) is 1. The van der Waals surface area contributed by atoms with Gasteiger partial charge in [-0.05, 0) is 67.5 Å². The predicted octanol–water partition coefficient (Wildman–Crippen LogP) is 5.44. The normalized spacial score (nSPS) is 16.3. The maximum absolute atomic E-state index is 13.5. The van der Waals surface area contributed by atoms with Crippen LogP contribution in [0, 0.1) is 0 Å². The molecule has 0 saturated carbocycles. The van der Waals surface area contributed by atoms with Crippen molar-refractivity contribution in [1.82, 2.24) is 9.80 Å². The quantitative estimate of drug-likeness (QED) is 0.170. The Balaban J connectivity index is 1.76. The molecule has 1 aliphatic heterocycles. The van der Waals surface area contributed by atoms with Gasteiger partial charge in [-0.1, -0.05) is 50.2 Å². The summed E-state index contributed by atoms with van der Waals surface area (Å²) in [5.74, 6) is 0.0770. The van der Waals surface area contributed by atoms with Gasteiger partial charge < -0.3 is 29.1 Å². The van der Waals surface area contributed by atoms with Crippen LogP contribution in [0.15, 0.2) is 78.4 Å². The Morgan fingerprint density at radius 1 is 0.902 bits per heavy atom. The first kappa shape index (κ1) is 29.7. The van der Waals surface area contributed by atoms with Crippen molar-refractivity contribution in [1.29, 1.82) is 0 Å². The molecule has 216 valence electrons. The molecular weight excluding hydrogens is 520 g/mol. The van der Waals surface area contributed by atoms with Crippen molar-refractivity contribution in [2.45, 2.75) is 33.4 Å². The van der Waals surface area contributed by atoms with E-state index in [1.807, 2.05) is 43.3 Å². The van der Waals surface area contributed by atoms with Gasteiger partial charge in [0.05, 0.1) is 25.3 Å². The Labute approximate surface area is 241 Å². The lowest BCUT2D eigenvalue weighted by Crippen LogP contribution is -2.38. The van der Waals surface area contributed by atoms with Crippen LogP contribution in [0.25, 0.3) is 5.76 Å². The van der Waals surface area contributed by atoms with Gasteiger partial charge in [0.2, 0.25) is 0 Å². The van der Waals surface area contributed by atoms with Gasteiger partial charge in [-0.3, -0.25) is 9.59 Å². The first-order valence-electron chi connectivity index (χ1n) is 14.0. The number of amides is 1. The average molecular weight is 559 g/mol. The molecule has 3 aromatic carbocycles. The molecule has 0 radical (unpaired) electrons. The van der Waals surface area contributed by atoms with Gasteiger partial charge in [0, 0.05) is 18.7 Å². The molecule has 1 amide bonds. The standard InChI is InChI=1S/C33H38N2O6/c1-5-34(6-2)19-20-35-30(29(32(37)33(35)38)31(36)24-13-16-26(39-4)17-14-24)25-15-18-27(28(21-25)40-7-3)41-22-23-11-9-8-10-12-23/h8-18,21,30,36H,5-7,19-20,22H2,1-4H3. The van der Waals surface area contributed by atoms with Crippen LogP contribution in [-0.4, -0.2) is 66.5 Å². The van der Waals surface area contributed by atoms with E-state index < -0.39 is 17.7 Å². The third-order valence-corrected chi connectivity index (χ3v) is 7.28.